The topological polar surface area (TPSA) is 103 Å². The monoisotopic (exact) mass is 442 g/mol. The van der Waals surface area contributed by atoms with Crippen LogP contribution in [0.2, 0.25) is 0 Å². The van der Waals surface area contributed by atoms with Crippen LogP contribution in [0.3, 0.4) is 0 Å². The molecule has 0 saturated carbocycles. The summed E-state index contributed by atoms with van der Waals surface area (Å²) in [6.07, 6.45) is 5.98. The van der Waals surface area contributed by atoms with Gasteiger partial charge in [0.05, 0.1) is 44.0 Å². The molecular formula is C23H22O7S. The van der Waals surface area contributed by atoms with Gasteiger partial charge in [0.25, 0.3) is 0 Å². The number of ether oxygens (including phenoxy) is 2. The van der Waals surface area contributed by atoms with E-state index >= 15 is 0 Å². The van der Waals surface area contributed by atoms with Crippen LogP contribution in [0.25, 0.3) is 17.2 Å². The van der Waals surface area contributed by atoms with Crippen LogP contribution in [-0.4, -0.2) is 40.3 Å². The molecule has 31 heavy (non-hydrogen) atoms. The fraction of sp³-hybridized carbons (Fsp3) is 0.174. The van der Waals surface area contributed by atoms with Gasteiger partial charge in [-0.15, -0.1) is 0 Å². The molecule has 0 aliphatic carbocycles. The highest BCUT2D eigenvalue weighted by atomic mass is 32.2. The summed E-state index contributed by atoms with van der Waals surface area (Å²) >= 11 is 0. The van der Waals surface area contributed by atoms with Crippen molar-refractivity contribution in [3.05, 3.63) is 77.8 Å². The second-order valence-electron chi connectivity index (χ2n) is 6.57. The molecule has 0 radical (unpaired) electrons. The predicted molar refractivity (Wildman–Crippen MR) is 115 cm³/mol. The van der Waals surface area contributed by atoms with E-state index in [-0.39, 0.29) is 28.4 Å². The van der Waals surface area contributed by atoms with Crippen molar-refractivity contribution in [1.82, 2.24) is 0 Å². The lowest BCUT2D eigenvalue weighted by Crippen LogP contribution is -2.14. The molecule has 1 heterocycles. The molecule has 0 unspecified atom stereocenters. The van der Waals surface area contributed by atoms with Gasteiger partial charge in [-0.3, -0.25) is 0 Å². The number of benzene rings is 2. The first-order valence-corrected chi connectivity index (χ1v) is 11.0. The molecule has 0 aliphatic rings. The Bertz CT molecular complexity index is 1190. The average molecular weight is 442 g/mol. The van der Waals surface area contributed by atoms with E-state index in [0.29, 0.717) is 16.7 Å². The maximum absolute atomic E-state index is 13.3. The first-order valence-electron chi connectivity index (χ1n) is 9.33. The van der Waals surface area contributed by atoms with E-state index in [1.165, 1.54) is 45.0 Å². The fourth-order valence-corrected chi connectivity index (χ4v) is 4.88. The van der Waals surface area contributed by atoms with Crippen molar-refractivity contribution >= 4 is 21.9 Å². The molecule has 0 saturated heterocycles. The second kappa shape index (κ2) is 9.63. The van der Waals surface area contributed by atoms with Gasteiger partial charge in [-0.05, 0) is 23.3 Å². The van der Waals surface area contributed by atoms with E-state index in [1.54, 1.807) is 36.4 Å². The number of aliphatic hydroxyl groups is 1. The molecule has 3 rings (SSSR count). The van der Waals surface area contributed by atoms with Gasteiger partial charge in [0.15, 0.2) is 9.84 Å². The molecule has 162 valence electrons. The summed E-state index contributed by atoms with van der Waals surface area (Å²) in [6.45, 7) is -0.215. The second-order valence-corrected chi connectivity index (χ2v) is 8.52. The third-order valence-electron chi connectivity index (χ3n) is 4.67. The lowest BCUT2D eigenvalue weighted by atomic mass is 9.99. The van der Waals surface area contributed by atoms with E-state index in [2.05, 4.69) is 0 Å². The maximum atomic E-state index is 13.3. The zero-order chi connectivity index (χ0) is 22.4. The van der Waals surface area contributed by atoms with Gasteiger partial charge in [-0.25, -0.2) is 13.2 Å². The highest BCUT2D eigenvalue weighted by molar-refractivity contribution is 7.90. The molecule has 0 bridgehead atoms. The van der Waals surface area contributed by atoms with Gasteiger partial charge in [0.2, 0.25) is 0 Å². The summed E-state index contributed by atoms with van der Waals surface area (Å²) in [5.41, 5.74) is 1.98. The average Bonchev–Trinajstić information content (AvgIpc) is 3.31. The number of methoxy groups -OCH3 is 2. The Labute approximate surface area is 180 Å². The van der Waals surface area contributed by atoms with E-state index < -0.39 is 21.6 Å². The number of esters is 1. The van der Waals surface area contributed by atoms with Gasteiger partial charge in [-0.2, -0.15) is 0 Å². The largest absolute Gasteiger partial charge is 0.495 e. The van der Waals surface area contributed by atoms with Crippen molar-refractivity contribution in [2.24, 2.45) is 0 Å². The molecule has 0 amide bonds. The summed E-state index contributed by atoms with van der Waals surface area (Å²) in [5.74, 6) is -0.945. The van der Waals surface area contributed by atoms with Crippen LogP contribution in [0.15, 0.2) is 70.4 Å². The van der Waals surface area contributed by atoms with E-state index in [4.69, 9.17) is 19.0 Å². The minimum atomic E-state index is -3.85. The van der Waals surface area contributed by atoms with Crippen LogP contribution < -0.4 is 4.74 Å². The Kier molecular flexibility index (Phi) is 6.94. The van der Waals surface area contributed by atoms with Gasteiger partial charge >= 0.3 is 5.97 Å². The number of carbonyl (C=O) groups is 1. The normalized spacial score (nSPS) is 11.6. The number of sulfone groups is 1. The molecule has 2 aromatic carbocycles. The molecule has 1 N–H and O–H groups in total. The Balaban J connectivity index is 2.13. The molecule has 0 atom stereocenters. The molecule has 0 aliphatic heterocycles. The van der Waals surface area contributed by atoms with Gasteiger partial charge in [0.1, 0.15) is 11.3 Å². The van der Waals surface area contributed by atoms with Crippen LogP contribution in [0.5, 0.6) is 5.75 Å². The Hall–Kier alpha value is -3.36. The summed E-state index contributed by atoms with van der Waals surface area (Å²) in [6, 6.07) is 11.4. The van der Waals surface area contributed by atoms with Crippen molar-refractivity contribution < 1.29 is 32.2 Å². The first-order chi connectivity index (χ1) is 14.9. The first kappa shape index (κ1) is 22.3. The third kappa shape index (κ3) is 4.70. The molecule has 0 spiro atoms. The number of furan rings is 1. The van der Waals surface area contributed by atoms with E-state index in [1.807, 2.05) is 0 Å². The number of aliphatic hydroxyl groups excluding tert-OH is 1. The summed E-state index contributed by atoms with van der Waals surface area (Å²) in [7, 11) is -1.22. The van der Waals surface area contributed by atoms with Crippen molar-refractivity contribution in [2.45, 2.75) is 10.6 Å². The van der Waals surface area contributed by atoms with E-state index in [0.717, 1.165) is 0 Å². The summed E-state index contributed by atoms with van der Waals surface area (Å²) in [4.78, 5) is 12.7. The zero-order valence-corrected chi connectivity index (χ0v) is 17.9. The van der Waals surface area contributed by atoms with Crippen LogP contribution in [0, 0.1) is 0 Å². The Morgan fingerprint density at radius 3 is 2.55 bits per heavy atom. The maximum Gasteiger partial charge on any atom is 0.341 e. The van der Waals surface area contributed by atoms with Crippen molar-refractivity contribution in [3.63, 3.8) is 0 Å². The molecular weight excluding hydrogens is 420 g/mol. The SMILES string of the molecule is COC(=O)c1c(CS(=O)(=O)c2ccccc2C=CCO)ccc(-c2ccoc2)c1OC. The Morgan fingerprint density at radius 1 is 1.13 bits per heavy atom. The van der Waals surface area contributed by atoms with Crippen molar-refractivity contribution in [2.75, 3.05) is 20.8 Å². The number of rotatable bonds is 8. The minimum Gasteiger partial charge on any atom is -0.495 e. The van der Waals surface area contributed by atoms with Crippen LogP contribution in [0.1, 0.15) is 21.5 Å². The molecule has 0 fully saturated rings. The fourth-order valence-electron chi connectivity index (χ4n) is 3.29. The predicted octanol–water partition coefficient (Wildman–Crippen LogP) is 3.72. The van der Waals surface area contributed by atoms with Crippen LogP contribution >= 0.6 is 0 Å². The quantitative estimate of drug-likeness (QED) is 0.530. The van der Waals surface area contributed by atoms with Crippen molar-refractivity contribution in [3.8, 4) is 16.9 Å². The lowest BCUT2D eigenvalue weighted by Gasteiger charge is -2.16. The highest BCUT2D eigenvalue weighted by Gasteiger charge is 2.27. The van der Waals surface area contributed by atoms with Gasteiger partial charge in [-0.1, -0.05) is 42.5 Å². The standard InChI is InChI=1S/C23H22O7S/c1-28-22-19(17-11-13-30-14-17)10-9-18(21(22)23(25)29-2)15-31(26,27)20-8-4-3-6-16(20)7-5-12-24/h3-11,13-14,24H,12,15H2,1-2H3. The summed E-state index contributed by atoms with van der Waals surface area (Å²) in [5, 5.41) is 9.03. The number of hydrogen-bond acceptors (Lipinski definition) is 7. The van der Waals surface area contributed by atoms with Gasteiger partial charge in [0, 0.05) is 11.1 Å². The van der Waals surface area contributed by atoms with Gasteiger partial charge < -0.3 is 19.0 Å². The molecule has 1 aromatic heterocycles. The third-order valence-corrected chi connectivity index (χ3v) is 6.41. The molecule has 8 heteroatoms. The smallest absolute Gasteiger partial charge is 0.341 e. The highest BCUT2D eigenvalue weighted by Crippen LogP contribution is 2.37. The number of hydrogen-bond donors (Lipinski definition) is 1. The summed E-state index contributed by atoms with van der Waals surface area (Å²) < 4.78 is 42.0. The lowest BCUT2D eigenvalue weighted by molar-refractivity contribution is 0.0596. The minimum absolute atomic E-state index is 0.0376. The van der Waals surface area contributed by atoms with Crippen LogP contribution in [0.4, 0.5) is 0 Å². The van der Waals surface area contributed by atoms with Crippen molar-refractivity contribution in [1.29, 1.82) is 0 Å². The number of carbonyl (C=O) groups excluding carboxylic acids is 1. The molecule has 7 nitrogen and oxygen atoms in total. The van der Waals surface area contributed by atoms with E-state index in [9.17, 15) is 13.2 Å². The molecule has 3 aromatic rings. The van der Waals surface area contributed by atoms with Crippen LogP contribution in [-0.2, 0) is 20.3 Å². The zero-order valence-electron chi connectivity index (χ0n) is 17.1. The Morgan fingerprint density at radius 2 is 1.90 bits per heavy atom.